The summed E-state index contributed by atoms with van der Waals surface area (Å²) in [6.07, 6.45) is 11.2. The van der Waals surface area contributed by atoms with Crippen LogP contribution < -0.4 is 0 Å². The zero-order valence-electron chi connectivity index (χ0n) is 25.9. The fraction of sp³-hybridized carbons (Fsp3) is 0.514. The number of rotatable bonds is 16. The molecule has 0 bridgehead atoms. The Hall–Kier alpha value is -3.18. The van der Waals surface area contributed by atoms with Crippen LogP contribution >= 0.6 is 0 Å². The molecule has 1 aliphatic carbocycles. The van der Waals surface area contributed by atoms with Gasteiger partial charge in [0.2, 0.25) is 0 Å². The lowest BCUT2D eigenvalue weighted by molar-refractivity contribution is -0.142. The van der Waals surface area contributed by atoms with Gasteiger partial charge >= 0.3 is 11.9 Å². The molecule has 0 aromatic heterocycles. The summed E-state index contributed by atoms with van der Waals surface area (Å²) in [7, 11) is 0. The molecule has 2 aromatic rings. The molecule has 0 heterocycles. The fourth-order valence-corrected chi connectivity index (χ4v) is 5.97. The quantitative estimate of drug-likeness (QED) is 0.161. The van der Waals surface area contributed by atoms with E-state index in [1.54, 1.807) is 6.92 Å². The highest BCUT2D eigenvalue weighted by Crippen LogP contribution is 2.39. The van der Waals surface area contributed by atoms with Crippen molar-refractivity contribution < 1.29 is 24.2 Å². The molecule has 2 unspecified atom stereocenters. The van der Waals surface area contributed by atoms with E-state index in [0.717, 1.165) is 23.0 Å². The van der Waals surface area contributed by atoms with E-state index in [0.29, 0.717) is 17.9 Å². The van der Waals surface area contributed by atoms with E-state index < -0.39 is 18.5 Å². The first-order valence-electron chi connectivity index (χ1n) is 15.7. The third-order valence-corrected chi connectivity index (χ3v) is 8.67. The highest BCUT2D eigenvalue weighted by molar-refractivity contribution is 5.88. The van der Waals surface area contributed by atoms with Gasteiger partial charge in [0.15, 0.2) is 0 Å². The van der Waals surface area contributed by atoms with E-state index >= 15 is 0 Å². The number of hydrogen-bond donors (Lipinski definition) is 1. The van der Waals surface area contributed by atoms with Gasteiger partial charge in [-0.05, 0) is 85.5 Å². The van der Waals surface area contributed by atoms with Crippen LogP contribution in [0.1, 0.15) is 102 Å². The molecule has 2 aromatic carbocycles. The summed E-state index contributed by atoms with van der Waals surface area (Å²) in [5.74, 6) is 1.18. The SMILES string of the molecule is C=C(C)C(=O)OCC(CCOC(=O)C(=C)CO)c1ccc(-c2ccc(C3CCC(CC(C)CCCC)CC3)cc2)cc1. The summed E-state index contributed by atoms with van der Waals surface area (Å²) in [6.45, 7) is 13.3. The molecule has 1 saturated carbocycles. The van der Waals surface area contributed by atoms with Crippen LogP contribution in [0.2, 0.25) is 0 Å². The highest BCUT2D eigenvalue weighted by Gasteiger charge is 2.24. The monoisotopic (exact) mass is 574 g/mol. The van der Waals surface area contributed by atoms with E-state index in [2.05, 4.69) is 63.4 Å². The summed E-state index contributed by atoms with van der Waals surface area (Å²) in [5, 5.41) is 9.08. The van der Waals surface area contributed by atoms with Gasteiger partial charge in [-0.15, -0.1) is 0 Å². The average Bonchev–Trinajstić information content (AvgIpc) is 3.01. The summed E-state index contributed by atoms with van der Waals surface area (Å²) >= 11 is 0. The molecule has 1 aliphatic rings. The predicted molar refractivity (Wildman–Crippen MR) is 170 cm³/mol. The van der Waals surface area contributed by atoms with Crippen molar-refractivity contribution in [3.63, 3.8) is 0 Å². The normalized spacial score (nSPS) is 18.1. The van der Waals surface area contributed by atoms with Crippen LogP contribution in [0, 0.1) is 11.8 Å². The second-order valence-electron chi connectivity index (χ2n) is 12.2. The van der Waals surface area contributed by atoms with Gasteiger partial charge in [-0.25, -0.2) is 9.59 Å². The number of benzene rings is 2. The lowest BCUT2D eigenvalue weighted by Gasteiger charge is -2.30. The zero-order chi connectivity index (χ0) is 30.5. The molecule has 5 nitrogen and oxygen atoms in total. The fourth-order valence-electron chi connectivity index (χ4n) is 5.97. The smallest absolute Gasteiger partial charge is 0.335 e. The largest absolute Gasteiger partial charge is 0.462 e. The average molecular weight is 575 g/mol. The van der Waals surface area contributed by atoms with Crippen LogP contribution in [0.4, 0.5) is 0 Å². The number of ether oxygens (including phenoxy) is 2. The Balaban J connectivity index is 1.59. The minimum atomic E-state index is -0.626. The number of aliphatic hydroxyl groups excluding tert-OH is 1. The Morgan fingerprint density at radius 2 is 1.52 bits per heavy atom. The number of carbonyl (C=O) groups is 2. The van der Waals surface area contributed by atoms with Gasteiger partial charge in [-0.1, -0.05) is 94.8 Å². The molecular formula is C37H50O5. The highest BCUT2D eigenvalue weighted by atomic mass is 16.5. The molecule has 0 aliphatic heterocycles. The number of carbonyl (C=O) groups excluding carboxylic acids is 2. The lowest BCUT2D eigenvalue weighted by Crippen LogP contribution is -2.17. The molecule has 0 saturated heterocycles. The number of esters is 2. The van der Waals surface area contributed by atoms with Gasteiger partial charge in [-0.2, -0.15) is 0 Å². The van der Waals surface area contributed by atoms with Crippen LogP contribution in [-0.4, -0.2) is 36.9 Å². The van der Waals surface area contributed by atoms with Crippen molar-refractivity contribution in [1.82, 2.24) is 0 Å². The topological polar surface area (TPSA) is 72.8 Å². The van der Waals surface area contributed by atoms with Crippen molar-refractivity contribution in [2.45, 2.75) is 90.4 Å². The number of unbranched alkanes of at least 4 members (excludes halogenated alkanes) is 1. The molecule has 0 amide bonds. The minimum absolute atomic E-state index is 0.00995. The summed E-state index contributed by atoms with van der Waals surface area (Å²) in [6, 6.07) is 17.3. The Kier molecular flexibility index (Phi) is 13.5. The maximum atomic E-state index is 12.0. The van der Waals surface area contributed by atoms with Crippen LogP contribution in [0.5, 0.6) is 0 Å². The van der Waals surface area contributed by atoms with Gasteiger partial charge in [0, 0.05) is 11.5 Å². The maximum absolute atomic E-state index is 12.0. The maximum Gasteiger partial charge on any atom is 0.335 e. The molecule has 0 spiro atoms. The molecule has 1 N–H and O–H groups in total. The van der Waals surface area contributed by atoms with Crippen molar-refractivity contribution in [1.29, 1.82) is 0 Å². The van der Waals surface area contributed by atoms with Crippen LogP contribution in [0.25, 0.3) is 11.1 Å². The van der Waals surface area contributed by atoms with Crippen LogP contribution in [0.15, 0.2) is 72.8 Å². The summed E-state index contributed by atoms with van der Waals surface area (Å²) in [5.41, 5.74) is 5.08. The van der Waals surface area contributed by atoms with Gasteiger partial charge in [-0.3, -0.25) is 0 Å². The Morgan fingerprint density at radius 3 is 2.10 bits per heavy atom. The van der Waals surface area contributed by atoms with Crippen LogP contribution in [0.3, 0.4) is 0 Å². The van der Waals surface area contributed by atoms with Crippen molar-refractivity contribution in [2.75, 3.05) is 19.8 Å². The van der Waals surface area contributed by atoms with Crippen LogP contribution in [-0.2, 0) is 19.1 Å². The van der Waals surface area contributed by atoms with Crippen molar-refractivity contribution >= 4 is 11.9 Å². The van der Waals surface area contributed by atoms with Gasteiger partial charge < -0.3 is 14.6 Å². The van der Waals surface area contributed by atoms with Gasteiger partial charge in [0.25, 0.3) is 0 Å². The van der Waals surface area contributed by atoms with E-state index in [1.165, 1.54) is 62.5 Å². The van der Waals surface area contributed by atoms with Crippen molar-refractivity contribution in [2.24, 2.45) is 11.8 Å². The second-order valence-corrected chi connectivity index (χ2v) is 12.2. The first-order valence-corrected chi connectivity index (χ1v) is 15.7. The van der Waals surface area contributed by atoms with Crippen molar-refractivity contribution in [3.8, 4) is 11.1 Å². The Morgan fingerprint density at radius 1 is 0.905 bits per heavy atom. The van der Waals surface area contributed by atoms with E-state index in [1.807, 2.05) is 12.1 Å². The van der Waals surface area contributed by atoms with Crippen molar-refractivity contribution in [3.05, 3.63) is 84.0 Å². The second kappa shape index (κ2) is 17.1. The van der Waals surface area contributed by atoms with Gasteiger partial charge in [0.1, 0.15) is 0 Å². The molecule has 2 atom stereocenters. The number of aliphatic hydroxyl groups is 1. The molecule has 228 valence electrons. The molecule has 3 rings (SSSR count). The third kappa shape index (κ3) is 10.3. The minimum Gasteiger partial charge on any atom is -0.462 e. The first-order chi connectivity index (χ1) is 20.2. The third-order valence-electron chi connectivity index (χ3n) is 8.67. The van der Waals surface area contributed by atoms with Gasteiger partial charge in [0.05, 0.1) is 25.4 Å². The molecular weight excluding hydrogens is 524 g/mol. The Labute approximate surface area is 253 Å². The zero-order valence-corrected chi connectivity index (χ0v) is 25.9. The van der Waals surface area contributed by atoms with E-state index in [-0.39, 0.29) is 24.7 Å². The van der Waals surface area contributed by atoms with E-state index in [4.69, 9.17) is 14.6 Å². The Bertz CT molecular complexity index is 1160. The summed E-state index contributed by atoms with van der Waals surface area (Å²) < 4.78 is 10.7. The van der Waals surface area contributed by atoms with E-state index in [9.17, 15) is 9.59 Å². The predicted octanol–water partition coefficient (Wildman–Crippen LogP) is 8.53. The molecule has 42 heavy (non-hydrogen) atoms. The molecule has 0 radical (unpaired) electrons. The lowest BCUT2D eigenvalue weighted by atomic mass is 9.75. The molecule has 5 heteroatoms. The summed E-state index contributed by atoms with van der Waals surface area (Å²) in [4.78, 5) is 23.9. The molecule has 1 fully saturated rings. The first kappa shape index (κ1) is 33.3. The number of hydrogen-bond acceptors (Lipinski definition) is 5. The standard InChI is InChI=1S/C37H50O5/c1-6-7-8-27(4)23-29-9-11-30(12-10-29)31-13-15-32(16-14-31)33-17-19-34(20-18-33)35(25-42-36(39)26(2)3)21-22-41-37(40)28(5)24-38/h13-20,27,29-30,35,38H,2,5-12,21-25H2,1,3-4H3.